The van der Waals surface area contributed by atoms with Crippen molar-refractivity contribution in [1.29, 1.82) is 0 Å². The van der Waals surface area contributed by atoms with Crippen molar-refractivity contribution in [3.05, 3.63) is 0 Å². The fourth-order valence-corrected chi connectivity index (χ4v) is 3.55. The molecule has 114 valence electrons. The van der Waals surface area contributed by atoms with Crippen molar-refractivity contribution in [3.63, 3.8) is 0 Å². The van der Waals surface area contributed by atoms with E-state index < -0.39 is 23.7 Å². The lowest BCUT2D eigenvalue weighted by Crippen LogP contribution is -2.55. The van der Waals surface area contributed by atoms with Gasteiger partial charge in [-0.2, -0.15) is 0 Å². The summed E-state index contributed by atoms with van der Waals surface area (Å²) in [4.78, 5) is 25.5. The molecule has 5 nitrogen and oxygen atoms in total. The summed E-state index contributed by atoms with van der Waals surface area (Å²) >= 11 is 0. The number of carboxylic acids is 1. The Morgan fingerprint density at radius 1 is 1.15 bits per heavy atom. The number of likely N-dealkylation sites (tertiary alicyclic amines) is 1. The van der Waals surface area contributed by atoms with Crippen LogP contribution in [0.3, 0.4) is 0 Å². The van der Waals surface area contributed by atoms with Crippen LogP contribution < -0.4 is 0 Å². The maximum atomic E-state index is 12.5. The molecule has 1 N–H and O–H groups in total. The van der Waals surface area contributed by atoms with Crippen LogP contribution in [0.1, 0.15) is 65.7 Å². The summed E-state index contributed by atoms with van der Waals surface area (Å²) in [6.45, 7) is 5.43. The van der Waals surface area contributed by atoms with E-state index in [0.717, 1.165) is 32.1 Å². The molecule has 5 heteroatoms. The van der Waals surface area contributed by atoms with Crippen molar-refractivity contribution in [2.24, 2.45) is 0 Å². The normalized spacial score (nSPS) is 25.8. The molecule has 2 rings (SSSR count). The van der Waals surface area contributed by atoms with Crippen LogP contribution in [0.2, 0.25) is 0 Å². The number of nitrogens with zero attached hydrogens (tertiary/aromatic N) is 1. The standard InChI is InChI=1S/C15H25NO4/c1-14(2,3)20-13(19)16-11(12(17)18)7-10-15(16)8-5-4-6-9-15/h11H,4-10H2,1-3H3,(H,17,18). The van der Waals surface area contributed by atoms with Gasteiger partial charge in [0.25, 0.3) is 0 Å². The Kier molecular flexibility index (Phi) is 3.98. The summed E-state index contributed by atoms with van der Waals surface area (Å²) in [6, 6.07) is -0.733. The molecule has 1 unspecified atom stereocenters. The highest BCUT2D eigenvalue weighted by atomic mass is 16.6. The second-order valence-electron chi connectivity index (χ2n) is 7.03. The maximum Gasteiger partial charge on any atom is 0.411 e. The molecule has 0 aromatic carbocycles. The first-order valence-corrected chi connectivity index (χ1v) is 7.50. The predicted molar refractivity (Wildman–Crippen MR) is 74.5 cm³/mol. The molecular formula is C15H25NO4. The van der Waals surface area contributed by atoms with Crippen LogP contribution in [0.15, 0.2) is 0 Å². The predicted octanol–water partition coefficient (Wildman–Crippen LogP) is 3.17. The molecule has 1 amide bonds. The van der Waals surface area contributed by atoms with Gasteiger partial charge in [-0.25, -0.2) is 9.59 Å². The number of carboxylic acid groups (broad SMARTS) is 1. The summed E-state index contributed by atoms with van der Waals surface area (Å²) in [5.41, 5.74) is -0.887. The zero-order valence-corrected chi connectivity index (χ0v) is 12.6. The average molecular weight is 283 g/mol. The SMILES string of the molecule is CC(C)(C)OC(=O)N1C(C(=O)O)CCC12CCCCC2. The number of amides is 1. The van der Waals surface area contributed by atoms with E-state index in [1.165, 1.54) is 6.42 Å². The van der Waals surface area contributed by atoms with Gasteiger partial charge in [-0.3, -0.25) is 4.90 Å². The minimum absolute atomic E-state index is 0.288. The van der Waals surface area contributed by atoms with E-state index in [4.69, 9.17) is 4.74 Å². The van der Waals surface area contributed by atoms with Gasteiger partial charge in [0.2, 0.25) is 0 Å². The van der Waals surface area contributed by atoms with Gasteiger partial charge in [0.05, 0.1) is 0 Å². The van der Waals surface area contributed by atoms with Crippen molar-refractivity contribution in [2.75, 3.05) is 0 Å². The molecule has 0 aromatic rings. The molecule has 1 aliphatic carbocycles. The van der Waals surface area contributed by atoms with Gasteiger partial charge in [-0.1, -0.05) is 19.3 Å². The highest BCUT2D eigenvalue weighted by molar-refractivity contribution is 5.81. The number of rotatable bonds is 1. The minimum atomic E-state index is -0.918. The monoisotopic (exact) mass is 283 g/mol. The average Bonchev–Trinajstić information content (AvgIpc) is 2.67. The molecule has 1 saturated carbocycles. The summed E-state index contributed by atoms with van der Waals surface area (Å²) < 4.78 is 5.45. The number of aliphatic carboxylic acids is 1. The van der Waals surface area contributed by atoms with Gasteiger partial charge in [-0.15, -0.1) is 0 Å². The Bertz CT molecular complexity index is 393. The van der Waals surface area contributed by atoms with Crippen molar-refractivity contribution >= 4 is 12.1 Å². The fourth-order valence-electron chi connectivity index (χ4n) is 3.55. The van der Waals surface area contributed by atoms with E-state index in [0.29, 0.717) is 6.42 Å². The third-order valence-corrected chi connectivity index (χ3v) is 4.37. The highest BCUT2D eigenvalue weighted by Crippen LogP contribution is 2.45. The molecule has 2 aliphatic rings. The molecule has 1 aliphatic heterocycles. The van der Waals surface area contributed by atoms with E-state index in [2.05, 4.69) is 0 Å². The Morgan fingerprint density at radius 3 is 2.25 bits per heavy atom. The number of hydrogen-bond acceptors (Lipinski definition) is 3. The van der Waals surface area contributed by atoms with Crippen LogP contribution >= 0.6 is 0 Å². The molecule has 0 bridgehead atoms. The molecule has 1 saturated heterocycles. The second-order valence-corrected chi connectivity index (χ2v) is 7.03. The number of ether oxygens (including phenoxy) is 1. The first-order valence-electron chi connectivity index (χ1n) is 7.50. The van der Waals surface area contributed by atoms with Crippen LogP contribution in [0.5, 0.6) is 0 Å². The molecule has 2 fully saturated rings. The Balaban J connectivity index is 2.25. The van der Waals surface area contributed by atoms with E-state index in [1.54, 1.807) is 4.90 Å². The first kappa shape index (κ1) is 15.1. The molecule has 1 atom stereocenters. The first-order chi connectivity index (χ1) is 9.25. The summed E-state index contributed by atoms with van der Waals surface area (Å²) in [6.07, 6.45) is 5.94. The molecule has 0 radical (unpaired) electrons. The van der Waals surface area contributed by atoms with E-state index in [-0.39, 0.29) is 5.54 Å². The zero-order valence-electron chi connectivity index (χ0n) is 12.6. The van der Waals surface area contributed by atoms with E-state index in [9.17, 15) is 14.7 Å². The van der Waals surface area contributed by atoms with Gasteiger partial charge in [-0.05, 0) is 46.5 Å². The third kappa shape index (κ3) is 2.91. The van der Waals surface area contributed by atoms with Crippen molar-refractivity contribution in [3.8, 4) is 0 Å². The summed E-state index contributed by atoms with van der Waals surface area (Å²) in [5.74, 6) is -0.918. The fraction of sp³-hybridized carbons (Fsp3) is 0.867. The van der Waals surface area contributed by atoms with E-state index >= 15 is 0 Å². The third-order valence-electron chi connectivity index (χ3n) is 4.37. The number of carbonyl (C=O) groups excluding carboxylic acids is 1. The Morgan fingerprint density at radius 2 is 1.75 bits per heavy atom. The van der Waals surface area contributed by atoms with Gasteiger partial charge in [0, 0.05) is 5.54 Å². The highest BCUT2D eigenvalue weighted by Gasteiger charge is 2.52. The van der Waals surface area contributed by atoms with Gasteiger partial charge in [0.15, 0.2) is 0 Å². The topological polar surface area (TPSA) is 66.8 Å². The lowest BCUT2D eigenvalue weighted by Gasteiger charge is -2.43. The van der Waals surface area contributed by atoms with Crippen LogP contribution in [0, 0.1) is 0 Å². The van der Waals surface area contributed by atoms with Gasteiger partial charge < -0.3 is 9.84 Å². The molecule has 1 heterocycles. The molecule has 1 spiro atoms. The van der Waals surface area contributed by atoms with E-state index in [1.807, 2.05) is 20.8 Å². The quantitative estimate of drug-likeness (QED) is 0.802. The van der Waals surface area contributed by atoms with Crippen molar-refractivity contribution in [1.82, 2.24) is 4.90 Å². The van der Waals surface area contributed by atoms with Crippen LogP contribution in [0.25, 0.3) is 0 Å². The van der Waals surface area contributed by atoms with Gasteiger partial charge in [0.1, 0.15) is 11.6 Å². The lowest BCUT2D eigenvalue weighted by atomic mass is 9.80. The lowest BCUT2D eigenvalue weighted by molar-refractivity contribution is -0.143. The van der Waals surface area contributed by atoms with Crippen molar-refractivity contribution < 1.29 is 19.4 Å². The van der Waals surface area contributed by atoms with Crippen LogP contribution in [-0.2, 0) is 9.53 Å². The van der Waals surface area contributed by atoms with Crippen LogP contribution in [0.4, 0.5) is 4.79 Å². The Hall–Kier alpha value is -1.26. The second kappa shape index (κ2) is 5.26. The maximum absolute atomic E-state index is 12.5. The molecule has 0 aromatic heterocycles. The largest absolute Gasteiger partial charge is 0.480 e. The molecule has 20 heavy (non-hydrogen) atoms. The number of hydrogen-bond donors (Lipinski definition) is 1. The summed E-state index contributed by atoms with van der Waals surface area (Å²) in [5, 5.41) is 9.40. The minimum Gasteiger partial charge on any atom is -0.480 e. The number of carbonyl (C=O) groups is 2. The van der Waals surface area contributed by atoms with Crippen molar-refractivity contribution in [2.45, 2.75) is 82.9 Å². The van der Waals surface area contributed by atoms with Gasteiger partial charge >= 0.3 is 12.1 Å². The van der Waals surface area contributed by atoms with Crippen LogP contribution in [-0.4, -0.2) is 39.3 Å². The zero-order chi connectivity index (χ0) is 15.0. The summed E-state index contributed by atoms with van der Waals surface area (Å²) in [7, 11) is 0. The molecular weight excluding hydrogens is 258 g/mol. The Labute approximate surface area is 120 Å². The smallest absolute Gasteiger partial charge is 0.411 e.